The van der Waals surface area contributed by atoms with E-state index in [4.69, 9.17) is 4.74 Å². The summed E-state index contributed by atoms with van der Waals surface area (Å²) in [5, 5.41) is 0. The normalized spacial score (nSPS) is 31.5. The van der Waals surface area contributed by atoms with Crippen LogP contribution < -0.4 is 0 Å². The van der Waals surface area contributed by atoms with Crippen molar-refractivity contribution in [3.63, 3.8) is 0 Å². The van der Waals surface area contributed by atoms with E-state index in [1.54, 1.807) is 0 Å². The van der Waals surface area contributed by atoms with Gasteiger partial charge in [-0.2, -0.15) is 0 Å². The molecule has 2 heteroatoms. The van der Waals surface area contributed by atoms with E-state index >= 15 is 0 Å². The summed E-state index contributed by atoms with van der Waals surface area (Å²) < 4.78 is 5.34. The number of ether oxygens (including phenoxy) is 1. The molecule has 1 saturated heterocycles. The van der Waals surface area contributed by atoms with Gasteiger partial charge in [-0.05, 0) is 13.5 Å². The predicted molar refractivity (Wildman–Crippen MR) is 32.7 cm³/mol. The van der Waals surface area contributed by atoms with Gasteiger partial charge in [0, 0.05) is 6.54 Å². The van der Waals surface area contributed by atoms with Crippen LogP contribution in [0.4, 0.5) is 0 Å². The van der Waals surface area contributed by atoms with Gasteiger partial charge >= 0.3 is 0 Å². The van der Waals surface area contributed by atoms with Gasteiger partial charge in [0.25, 0.3) is 0 Å². The van der Waals surface area contributed by atoms with E-state index in [0.717, 1.165) is 19.6 Å². The fraction of sp³-hybridized carbons (Fsp3) is 1.00. The number of likely N-dealkylation sites (N-methyl/N-ethyl adjacent to an activating group) is 1. The molecule has 1 rings (SSSR count). The zero-order chi connectivity index (χ0) is 5.98. The fourth-order valence-electron chi connectivity index (χ4n) is 1.03. The Morgan fingerprint density at radius 1 is 1.75 bits per heavy atom. The Labute approximate surface area is 50.4 Å². The van der Waals surface area contributed by atoms with Gasteiger partial charge in [0.15, 0.2) is 0 Å². The van der Waals surface area contributed by atoms with Gasteiger partial charge in [-0.3, -0.25) is 4.90 Å². The average molecular weight is 115 g/mol. The van der Waals surface area contributed by atoms with Crippen molar-refractivity contribution < 1.29 is 4.74 Å². The maximum absolute atomic E-state index is 5.34. The van der Waals surface area contributed by atoms with Gasteiger partial charge < -0.3 is 4.74 Å². The molecule has 1 fully saturated rings. The van der Waals surface area contributed by atoms with Crippen LogP contribution >= 0.6 is 0 Å². The summed E-state index contributed by atoms with van der Waals surface area (Å²) in [6.45, 7) is 4.15. The average Bonchev–Trinajstić information content (AvgIpc) is 2.14. The monoisotopic (exact) mass is 115 g/mol. The van der Waals surface area contributed by atoms with Crippen LogP contribution in [0.25, 0.3) is 0 Å². The minimum atomic E-state index is 0.398. The lowest BCUT2D eigenvalue weighted by atomic mass is 10.4. The highest BCUT2D eigenvalue weighted by Gasteiger charge is 2.18. The molecule has 8 heavy (non-hydrogen) atoms. The topological polar surface area (TPSA) is 12.5 Å². The molecule has 2 nitrogen and oxygen atoms in total. The molecule has 0 saturated carbocycles. The highest BCUT2D eigenvalue weighted by Crippen LogP contribution is 2.08. The Morgan fingerprint density at radius 3 is 2.75 bits per heavy atom. The summed E-state index contributed by atoms with van der Waals surface area (Å²) in [6, 6.07) is 0. The minimum Gasteiger partial charge on any atom is -0.362 e. The number of nitrogens with zero attached hydrogens (tertiary/aromatic N) is 1. The quantitative estimate of drug-likeness (QED) is 0.498. The summed E-state index contributed by atoms with van der Waals surface area (Å²) in [5.74, 6) is 0. The van der Waals surface area contributed by atoms with E-state index in [2.05, 4.69) is 18.9 Å². The van der Waals surface area contributed by atoms with Crippen LogP contribution in [-0.4, -0.2) is 31.3 Å². The van der Waals surface area contributed by atoms with Crippen LogP contribution in [0.5, 0.6) is 0 Å². The van der Waals surface area contributed by atoms with Gasteiger partial charge in [-0.15, -0.1) is 0 Å². The molecule has 1 unspecified atom stereocenters. The van der Waals surface area contributed by atoms with Crippen LogP contribution in [0.1, 0.15) is 13.3 Å². The lowest BCUT2D eigenvalue weighted by Gasteiger charge is -2.14. The van der Waals surface area contributed by atoms with Crippen molar-refractivity contribution in [3.8, 4) is 0 Å². The van der Waals surface area contributed by atoms with Gasteiger partial charge in [0.1, 0.15) is 6.23 Å². The van der Waals surface area contributed by atoms with E-state index in [1.165, 1.54) is 0 Å². The molecule has 0 aliphatic carbocycles. The van der Waals surface area contributed by atoms with Crippen molar-refractivity contribution in [2.75, 3.05) is 20.2 Å². The number of rotatable bonds is 1. The molecule has 0 aromatic heterocycles. The first-order valence-corrected chi connectivity index (χ1v) is 3.16. The van der Waals surface area contributed by atoms with Crippen LogP contribution in [-0.2, 0) is 4.74 Å². The summed E-state index contributed by atoms with van der Waals surface area (Å²) in [5.41, 5.74) is 0. The van der Waals surface area contributed by atoms with E-state index in [0.29, 0.717) is 6.23 Å². The highest BCUT2D eigenvalue weighted by molar-refractivity contribution is 4.62. The largest absolute Gasteiger partial charge is 0.362 e. The van der Waals surface area contributed by atoms with E-state index in [9.17, 15) is 0 Å². The van der Waals surface area contributed by atoms with Crippen molar-refractivity contribution in [2.45, 2.75) is 19.6 Å². The number of hydrogen-bond acceptors (Lipinski definition) is 2. The molecule has 48 valence electrons. The Kier molecular flexibility index (Phi) is 1.86. The first-order chi connectivity index (χ1) is 3.84. The Bertz CT molecular complexity index is 74.9. The molecule has 0 amide bonds. The van der Waals surface area contributed by atoms with Crippen LogP contribution in [0.2, 0.25) is 0 Å². The third kappa shape index (κ3) is 1.01. The lowest BCUT2D eigenvalue weighted by Crippen LogP contribution is -2.24. The SMILES string of the molecule is CCC1OCCN1C. The summed E-state index contributed by atoms with van der Waals surface area (Å²) >= 11 is 0. The second-order valence-electron chi connectivity index (χ2n) is 2.21. The van der Waals surface area contributed by atoms with Crippen molar-refractivity contribution in [1.82, 2.24) is 4.90 Å². The maximum atomic E-state index is 5.34. The lowest BCUT2D eigenvalue weighted by molar-refractivity contribution is 0.0434. The predicted octanol–water partition coefficient (Wildman–Crippen LogP) is 0.684. The molecule has 0 aromatic rings. The maximum Gasteiger partial charge on any atom is 0.110 e. The molecule has 1 aliphatic heterocycles. The van der Waals surface area contributed by atoms with Gasteiger partial charge in [-0.1, -0.05) is 6.92 Å². The first-order valence-electron chi connectivity index (χ1n) is 3.16. The van der Waals surface area contributed by atoms with Crippen molar-refractivity contribution >= 4 is 0 Å². The molecular weight excluding hydrogens is 102 g/mol. The fourth-order valence-corrected chi connectivity index (χ4v) is 1.03. The van der Waals surface area contributed by atoms with Crippen LogP contribution in [0.15, 0.2) is 0 Å². The van der Waals surface area contributed by atoms with E-state index in [1.807, 2.05) is 0 Å². The van der Waals surface area contributed by atoms with Gasteiger partial charge in [0.2, 0.25) is 0 Å². The summed E-state index contributed by atoms with van der Waals surface area (Å²) in [6.07, 6.45) is 1.51. The molecule has 0 radical (unpaired) electrons. The van der Waals surface area contributed by atoms with E-state index < -0.39 is 0 Å². The third-order valence-electron chi connectivity index (χ3n) is 1.60. The molecule has 0 spiro atoms. The van der Waals surface area contributed by atoms with Crippen molar-refractivity contribution in [3.05, 3.63) is 0 Å². The smallest absolute Gasteiger partial charge is 0.110 e. The third-order valence-corrected chi connectivity index (χ3v) is 1.60. The Balaban J connectivity index is 2.30. The zero-order valence-electron chi connectivity index (χ0n) is 5.55. The Hall–Kier alpha value is -0.0800. The zero-order valence-corrected chi connectivity index (χ0v) is 5.55. The molecule has 1 aliphatic rings. The number of hydrogen-bond donors (Lipinski definition) is 0. The van der Waals surface area contributed by atoms with E-state index in [-0.39, 0.29) is 0 Å². The van der Waals surface area contributed by atoms with Crippen LogP contribution in [0.3, 0.4) is 0 Å². The molecule has 1 heterocycles. The summed E-state index contributed by atoms with van der Waals surface area (Å²) in [4.78, 5) is 2.24. The first kappa shape index (κ1) is 6.05. The van der Waals surface area contributed by atoms with Gasteiger partial charge in [0.05, 0.1) is 6.61 Å². The minimum absolute atomic E-state index is 0.398. The molecule has 1 atom stereocenters. The second kappa shape index (κ2) is 2.46. The second-order valence-corrected chi connectivity index (χ2v) is 2.21. The molecule has 0 aromatic carbocycles. The molecule has 0 N–H and O–H groups in total. The highest BCUT2D eigenvalue weighted by atomic mass is 16.5. The van der Waals surface area contributed by atoms with Crippen molar-refractivity contribution in [1.29, 1.82) is 0 Å². The van der Waals surface area contributed by atoms with Crippen molar-refractivity contribution in [2.24, 2.45) is 0 Å². The Morgan fingerprint density at radius 2 is 2.50 bits per heavy atom. The molecule has 0 bridgehead atoms. The van der Waals surface area contributed by atoms with Gasteiger partial charge in [-0.25, -0.2) is 0 Å². The molecular formula is C6H13NO. The standard InChI is InChI=1S/C6H13NO/c1-3-6-7(2)4-5-8-6/h6H,3-5H2,1-2H3. The van der Waals surface area contributed by atoms with Crippen LogP contribution in [0, 0.1) is 0 Å². The summed E-state index contributed by atoms with van der Waals surface area (Å²) in [7, 11) is 2.10.